The Bertz CT molecular complexity index is 1360. The van der Waals surface area contributed by atoms with Crippen molar-refractivity contribution in [2.75, 3.05) is 40.5 Å². The molecule has 0 atom stereocenters. The smallest absolute Gasteiger partial charge is 0.279 e. The van der Waals surface area contributed by atoms with Crippen molar-refractivity contribution in [3.05, 3.63) is 71.0 Å². The minimum absolute atomic E-state index is 0.0936. The van der Waals surface area contributed by atoms with Gasteiger partial charge in [0.2, 0.25) is 10.0 Å². The van der Waals surface area contributed by atoms with Gasteiger partial charge in [0.05, 0.1) is 28.3 Å². The van der Waals surface area contributed by atoms with Gasteiger partial charge in [0, 0.05) is 39.4 Å². The van der Waals surface area contributed by atoms with Crippen LogP contribution in [0.5, 0.6) is 0 Å². The second kappa shape index (κ2) is 12.6. The third kappa shape index (κ3) is 6.37. The van der Waals surface area contributed by atoms with E-state index in [0.717, 1.165) is 10.2 Å². The first-order chi connectivity index (χ1) is 17.2. The zero-order chi connectivity index (χ0) is 26.3. The summed E-state index contributed by atoms with van der Waals surface area (Å²) in [5, 5.41) is 0. The molecule has 1 amide bonds. The van der Waals surface area contributed by atoms with E-state index in [2.05, 4.69) is 37.6 Å². The van der Waals surface area contributed by atoms with Crippen LogP contribution in [0, 0.1) is 0 Å². The van der Waals surface area contributed by atoms with E-state index in [9.17, 15) is 13.2 Å². The molecule has 0 fully saturated rings. The first-order valence-electron chi connectivity index (χ1n) is 11.6. The molecule has 2 aromatic carbocycles. The van der Waals surface area contributed by atoms with Gasteiger partial charge >= 0.3 is 0 Å². The molecule has 0 bridgehead atoms. The number of allylic oxidation sites excluding steroid dienone is 1. The molecule has 0 spiro atoms. The van der Waals surface area contributed by atoms with Crippen molar-refractivity contribution in [1.29, 1.82) is 0 Å². The Balaban J connectivity index is 1.93. The highest BCUT2D eigenvalue weighted by atomic mass is 32.2. The SMILES string of the molecule is C=CCn1c(=NC(=O)c2ccc(S(=O)(=O)N(CCOC)CCOC)cc2)sc2cc(C(C)C)ccc21. The van der Waals surface area contributed by atoms with Crippen LogP contribution in [0.4, 0.5) is 0 Å². The Hall–Kier alpha value is -2.63. The number of benzene rings is 2. The lowest BCUT2D eigenvalue weighted by Crippen LogP contribution is -2.36. The number of carbonyl (C=O) groups excluding carboxylic acids is 1. The average molecular weight is 532 g/mol. The van der Waals surface area contributed by atoms with Crippen molar-refractivity contribution in [2.24, 2.45) is 4.99 Å². The molecule has 3 aromatic rings. The zero-order valence-corrected chi connectivity index (χ0v) is 22.8. The number of ether oxygens (including phenoxy) is 2. The molecule has 1 heterocycles. The largest absolute Gasteiger partial charge is 0.383 e. The highest BCUT2D eigenvalue weighted by Gasteiger charge is 2.24. The van der Waals surface area contributed by atoms with E-state index in [1.807, 2.05) is 10.6 Å². The third-order valence-electron chi connectivity index (χ3n) is 5.71. The van der Waals surface area contributed by atoms with Gasteiger partial charge in [-0.25, -0.2) is 8.42 Å². The maximum atomic E-state index is 13.1. The standard InChI is InChI=1S/C26H33N3O5S2/c1-6-13-29-23-12-9-21(19(2)3)18-24(23)35-26(29)27-25(30)20-7-10-22(11-8-20)36(31,32)28(14-16-33-4)15-17-34-5/h6-12,18-19H,1,13-17H2,2-5H3. The summed E-state index contributed by atoms with van der Waals surface area (Å²) in [6, 6.07) is 12.1. The second-order valence-electron chi connectivity index (χ2n) is 8.50. The molecule has 1 aromatic heterocycles. The van der Waals surface area contributed by atoms with Gasteiger partial charge in [0.1, 0.15) is 0 Å². The number of nitrogens with zero attached hydrogens (tertiary/aromatic N) is 3. The van der Waals surface area contributed by atoms with Crippen LogP contribution in [0.15, 0.2) is 65.0 Å². The van der Waals surface area contributed by atoms with Crippen LogP contribution in [0.3, 0.4) is 0 Å². The van der Waals surface area contributed by atoms with Gasteiger partial charge in [-0.2, -0.15) is 9.30 Å². The van der Waals surface area contributed by atoms with Crippen molar-refractivity contribution in [3.63, 3.8) is 0 Å². The van der Waals surface area contributed by atoms with Gasteiger partial charge in [0.25, 0.3) is 5.91 Å². The fourth-order valence-electron chi connectivity index (χ4n) is 3.65. The van der Waals surface area contributed by atoms with Crippen LogP contribution in [0.1, 0.15) is 35.7 Å². The van der Waals surface area contributed by atoms with Gasteiger partial charge in [-0.05, 0) is 47.9 Å². The second-order valence-corrected chi connectivity index (χ2v) is 11.4. The summed E-state index contributed by atoms with van der Waals surface area (Å²) in [4.78, 5) is 18.0. The highest BCUT2D eigenvalue weighted by Crippen LogP contribution is 2.24. The molecule has 0 saturated carbocycles. The minimum atomic E-state index is -3.77. The Morgan fingerprint density at radius 3 is 2.31 bits per heavy atom. The Morgan fingerprint density at radius 1 is 1.11 bits per heavy atom. The number of fused-ring (bicyclic) bond motifs is 1. The topological polar surface area (TPSA) is 90.2 Å². The molecule has 10 heteroatoms. The molecule has 3 rings (SSSR count). The number of aromatic nitrogens is 1. The van der Waals surface area contributed by atoms with Crippen molar-refractivity contribution < 1.29 is 22.7 Å². The van der Waals surface area contributed by atoms with Gasteiger partial charge in [-0.15, -0.1) is 6.58 Å². The number of hydrogen-bond donors (Lipinski definition) is 0. The summed E-state index contributed by atoms with van der Waals surface area (Å²) < 4.78 is 40.6. The Labute approximate surface area is 216 Å². The van der Waals surface area contributed by atoms with Crippen LogP contribution < -0.4 is 4.80 Å². The average Bonchev–Trinajstić information content (AvgIpc) is 3.20. The lowest BCUT2D eigenvalue weighted by molar-refractivity contribution is 0.0997. The number of hydrogen-bond acceptors (Lipinski definition) is 6. The fourth-order valence-corrected chi connectivity index (χ4v) is 6.14. The lowest BCUT2D eigenvalue weighted by Gasteiger charge is -2.21. The molecule has 0 aliphatic rings. The number of thiazole rings is 1. The van der Waals surface area contributed by atoms with Crippen LogP contribution in [0.2, 0.25) is 0 Å². The molecule has 0 radical (unpaired) electrons. The third-order valence-corrected chi connectivity index (χ3v) is 8.67. The molecule has 0 N–H and O–H groups in total. The normalized spacial score (nSPS) is 12.7. The molecule has 0 saturated heterocycles. The fraction of sp³-hybridized carbons (Fsp3) is 0.385. The summed E-state index contributed by atoms with van der Waals surface area (Å²) in [6.07, 6.45) is 1.77. The Kier molecular flexibility index (Phi) is 9.75. The summed E-state index contributed by atoms with van der Waals surface area (Å²) in [7, 11) is -0.736. The monoisotopic (exact) mass is 531 g/mol. The van der Waals surface area contributed by atoms with Crippen molar-refractivity contribution >= 4 is 37.5 Å². The first kappa shape index (κ1) is 27.9. The maximum Gasteiger partial charge on any atom is 0.279 e. The van der Waals surface area contributed by atoms with Gasteiger partial charge in [-0.1, -0.05) is 37.3 Å². The van der Waals surface area contributed by atoms with Gasteiger partial charge in [-0.3, -0.25) is 4.79 Å². The summed E-state index contributed by atoms with van der Waals surface area (Å²) in [6.45, 7) is 9.55. The van der Waals surface area contributed by atoms with E-state index in [1.54, 1.807) is 6.08 Å². The molecule has 8 nitrogen and oxygen atoms in total. The summed E-state index contributed by atoms with van der Waals surface area (Å²) in [5.41, 5.74) is 2.51. The number of sulfonamides is 1. The summed E-state index contributed by atoms with van der Waals surface area (Å²) >= 11 is 1.45. The highest BCUT2D eigenvalue weighted by molar-refractivity contribution is 7.89. The zero-order valence-electron chi connectivity index (χ0n) is 21.1. The maximum absolute atomic E-state index is 13.1. The lowest BCUT2D eigenvalue weighted by atomic mass is 10.0. The van der Waals surface area contributed by atoms with Crippen molar-refractivity contribution in [2.45, 2.75) is 31.2 Å². The summed E-state index contributed by atoms with van der Waals surface area (Å²) in [5.74, 6) is -0.0517. The predicted molar refractivity (Wildman–Crippen MR) is 143 cm³/mol. The quantitative estimate of drug-likeness (QED) is 0.329. The number of amides is 1. The van der Waals surface area contributed by atoms with Crippen molar-refractivity contribution in [3.8, 4) is 0 Å². The number of rotatable bonds is 12. The van der Waals surface area contributed by atoms with Crippen LogP contribution in [-0.4, -0.2) is 63.7 Å². The van der Waals surface area contributed by atoms with Crippen LogP contribution >= 0.6 is 11.3 Å². The van der Waals surface area contributed by atoms with Gasteiger partial charge in [0.15, 0.2) is 4.80 Å². The molecule has 0 unspecified atom stereocenters. The van der Waals surface area contributed by atoms with Crippen LogP contribution in [0.25, 0.3) is 10.2 Å². The number of methoxy groups -OCH3 is 2. The molecular formula is C26H33N3O5S2. The minimum Gasteiger partial charge on any atom is -0.383 e. The van der Waals surface area contributed by atoms with Crippen molar-refractivity contribution in [1.82, 2.24) is 8.87 Å². The van der Waals surface area contributed by atoms with E-state index in [-0.39, 0.29) is 31.2 Å². The van der Waals surface area contributed by atoms with Crippen LogP contribution in [-0.2, 0) is 26.0 Å². The molecule has 194 valence electrons. The molecule has 0 aliphatic heterocycles. The van der Waals surface area contributed by atoms with E-state index in [4.69, 9.17) is 9.47 Å². The predicted octanol–water partition coefficient (Wildman–Crippen LogP) is 4.04. The Morgan fingerprint density at radius 2 is 1.75 bits per heavy atom. The van der Waals surface area contributed by atoms with Gasteiger partial charge < -0.3 is 14.0 Å². The van der Waals surface area contributed by atoms with E-state index in [1.165, 1.54) is 59.7 Å². The van der Waals surface area contributed by atoms with E-state index >= 15 is 0 Å². The van der Waals surface area contributed by atoms with E-state index < -0.39 is 15.9 Å². The van der Waals surface area contributed by atoms with E-state index in [0.29, 0.717) is 22.8 Å². The first-order valence-corrected chi connectivity index (χ1v) is 13.9. The molecular weight excluding hydrogens is 498 g/mol. The number of carbonyl (C=O) groups is 1. The molecule has 36 heavy (non-hydrogen) atoms. The molecule has 0 aliphatic carbocycles.